The quantitative estimate of drug-likeness (QED) is 0.548. The third kappa shape index (κ3) is 6.55. The van der Waals surface area contributed by atoms with Gasteiger partial charge in [0, 0.05) is 12.5 Å². The second-order valence-electron chi connectivity index (χ2n) is 7.12. The standard InChI is InChI=1S/C17H30O2SSi/c1-17(2,3)21(4,5)19-13-16(14-20)12-18-11-15-9-7-6-8-10-15/h6-10,16,20H,11-14H2,1-5H3. The number of hydrogen-bond donors (Lipinski definition) is 1. The van der Waals surface area contributed by atoms with Crippen LogP contribution in [0.4, 0.5) is 0 Å². The summed E-state index contributed by atoms with van der Waals surface area (Å²) in [5, 5.41) is 0.249. The largest absolute Gasteiger partial charge is 0.416 e. The topological polar surface area (TPSA) is 18.5 Å². The summed E-state index contributed by atoms with van der Waals surface area (Å²) in [5.74, 6) is 1.15. The SMILES string of the molecule is CC(C)(C)[Si](C)(C)OCC(CS)COCc1ccccc1. The molecule has 0 fully saturated rings. The highest BCUT2D eigenvalue weighted by Crippen LogP contribution is 2.36. The van der Waals surface area contributed by atoms with Crippen molar-refractivity contribution >= 4 is 20.9 Å². The second kappa shape index (κ2) is 8.37. The molecule has 0 heterocycles. The molecule has 0 spiro atoms. The lowest BCUT2D eigenvalue weighted by Crippen LogP contribution is -2.42. The fourth-order valence-electron chi connectivity index (χ4n) is 1.61. The van der Waals surface area contributed by atoms with Gasteiger partial charge in [0.25, 0.3) is 0 Å². The van der Waals surface area contributed by atoms with E-state index in [9.17, 15) is 0 Å². The Hall–Kier alpha value is -0.293. The van der Waals surface area contributed by atoms with Crippen LogP contribution in [0.1, 0.15) is 26.3 Å². The van der Waals surface area contributed by atoms with E-state index in [0.29, 0.717) is 19.1 Å². The van der Waals surface area contributed by atoms with E-state index < -0.39 is 8.32 Å². The number of hydrogen-bond acceptors (Lipinski definition) is 3. The van der Waals surface area contributed by atoms with Crippen molar-refractivity contribution in [3.63, 3.8) is 0 Å². The minimum Gasteiger partial charge on any atom is -0.416 e. The Morgan fingerprint density at radius 1 is 1.10 bits per heavy atom. The van der Waals surface area contributed by atoms with Gasteiger partial charge in [-0.2, -0.15) is 12.6 Å². The summed E-state index contributed by atoms with van der Waals surface area (Å²) in [6.45, 7) is 13.5. The highest BCUT2D eigenvalue weighted by molar-refractivity contribution is 7.80. The van der Waals surface area contributed by atoms with Crippen LogP contribution in [0.15, 0.2) is 30.3 Å². The van der Waals surface area contributed by atoms with E-state index in [0.717, 1.165) is 12.4 Å². The van der Waals surface area contributed by atoms with E-state index in [1.165, 1.54) is 5.56 Å². The van der Waals surface area contributed by atoms with Gasteiger partial charge < -0.3 is 9.16 Å². The minimum atomic E-state index is -1.68. The van der Waals surface area contributed by atoms with Gasteiger partial charge in [-0.05, 0) is 29.4 Å². The molecule has 0 bridgehead atoms. The van der Waals surface area contributed by atoms with Crippen molar-refractivity contribution in [2.24, 2.45) is 5.92 Å². The number of benzene rings is 1. The molecule has 0 saturated heterocycles. The van der Waals surface area contributed by atoms with Crippen LogP contribution in [-0.2, 0) is 15.8 Å². The van der Waals surface area contributed by atoms with Gasteiger partial charge in [0.2, 0.25) is 0 Å². The molecule has 4 heteroatoms. The summed E-state index contributed by atoms with van der Waals surface area (Å²) in [6, 6.07) is 10.3. The molecule has 0 saturated carbocycles. The van der Waals surface area contributed by atoms with Crippen molar-refractivity contribution in [2.75, 3.05) is 19.0 Å². The lowest BCUT2D eigenvalue weighted by molar-refractivity contribution is 0.0733. The van der Waals surface area contributed by atoms with Crippen molar-refractivity contribution in [3.8, 4) is 0 Å². The van der Waals surface area contributed by atoms with Crippen molar-refractivity contribution in [3.05, 3.63) is 35.9 Å². The monoisotopic (exact) mass is 326 g/mol. The van der Waals surface area contributed by atoms with Crippen LogP contribution in [0.2, 0.25) is 18.1 Å². The molecule has 120 valence electrons. The first-order chi connectivity index (χ1) is 9.76. The average Bonchev–Trinajstić information content (AvgIpc) is 2.42. The maximum atomic E-state index is 6.26. The van der Waals surface area contributed by atoms with E-state index in [1.54, 1.807) is 0 Å². The number of ether oxygens (including phenoxy) is 1. The van der Waals surface area contributed by atoms with E-state index in [2.05, 4.69) is 58.6 Å². The van der Waals surface area contributed by atoms with Gasteiger partial charge in [-0.25, -0.2) is 0 Å². The molecule has 1 unspecified atom stereocenters. The number of rotatable bonds is 8. The maximum absolute atomic E-state index is 6.26. The average molecular weight is 327 g/mol. The lowest BCUT2D eigenvalue weighted by atomic mass is 10.2. The van der Waals surface area contributed by atoms with Gasteiger partial charge in [-0.15, -0.1) is 0 Å². The molecular weight excluding hydrogens is 296 g/mol. The van der Waals surface area contributed by atoms with Crippen LogP contribution < -0.4 is 0 Å². The second-order valence-corrected chi connectivity index (χ2v) is 12.3. The lowest BCUT2D eigenvalue weighted by Gasteiger charge is -2.37. The predicted molar refractivity (Wildman–Crippen MR) is 96.6 cm³/mol. The zero-order chi connectivity index (χ0) is 15.9. The van der Waals surface area contributed by atoms with Crippen LogP contribution >= 0.6 is 12.6 Å². The van der Waals surface area contributed by atoms with Gasteiger partial charge in [-0.3, -0.25) is 0 Å². The molecule has 2 nitrogen and oxygen atoms in total. The first-order valence-electron chi connectivity index (χ1n) is 7.63. The van der Waals surface area contributed by atoms with Crippen LogP contribution in [0, 0.1) is 5.92 Å². The van der Waals surface area contributed by atoms with E-state index in [1.807, 2.05) is 18.2 Å². The first kappa shape index (κ1) is 18.8. The molecule has 1 atom stereocenters. The zero-order valence-electron chi connectivity index (χ0n) is 14.1. The Morgan fingerprint density at radius 2 is 1.71 bits per heavy atom. The summed E-state index contributed by atoms with van der Waals surface area (Å²) in [7, 11) is -1.68. The molecule has 0 radical (unpaired) electrons. The summed E-state index contributed by atoms with van der Waals surface area (Å²) < 4.78 is 12.1. The normalized spacial score (nSPS) is 14.2. The summed E-state index contributed by atoms with van der Waals surface area (Å²) in [4.78, 5) is 0. The van der Waals surface area contributed by atoms with Gasteiger partial charge in [0.1, 0.15) is 0 Å². The third-order valence-electron chi connectivity index (χ3n) is 4.21. The molecule has 1 aromatic rings. The van der Waals surface area contributed by atoms with Crippen molar-refractivity contribution in [2.45, 2.75) is 45.5 Å². The van der Waals surface area contributed by atoms with Gasteiger partial charge in [-0.1, -0.05) is 51.1 Å². The van der Waals surface area contributed by atoms with Crippen molar-refractivity contribution in [1.82, 2.24) is 0 Å². The Morgan fingerprint density at radius 3 is 2.24 bits per heavy atom. The predicted octanol–water partition coefficient (Wildman–Crippen LogP) is 4.77. The number of thiol groups is 1. The Kier molecular flexibility index (Phi) is 7.47. The molecular formula is C17H30O2SSi. The molecule has 0 aliphatic rings. The van der Waals surface area contributed by atoms with E-state index >= 15 is 0 Å². The molecule has 21 heavy (non-hydrogen) atoms. The fraction of sp³-hybridized carbons (Fsp3) is 0.647. The Labute approximate surface area is 136 Å². The molecule has 1 aromatic carbocycles. The van der Waals surface area contributed by atoms with E-state index in [-0.39, 0.29) is 5.04 Å². The molecule has 0 N–H and O–H groups in total. The summed E-state index contributed by atoms with van der Waals surface area (Å²) >= 11 is 4.43. The Balaban J connectivity index is 2.35. The first-order valence-corrected chi connectivity index (χ1v) is 11.2. The van der Waals surface area contributed by atoms with E-state index in [4.69, 9.17) is 9.16 Å². The fourth-order valence-corrected chi connectivity index (χ4v) is 2.91. The molecule has 1 rings (SSSR count). The minimum absolute atomic E-state index is 0.249. The molecule has 0 aliphatic heterocycles. The summed E-state index contributed by atoms with van der Waals surface area (Å²) in [6.07, 6.45) is 0. The zero-order valence-corrected chi connectivity index (χ0v) is 16.0. The van der Waals surface area contributed by atoms with Crippen LogP contribution in [0.3, 0.4) is 0 Å². The van der Waals surface area contributed by atoms with Crippen LogP contribution in [0.25, 0.3) is 0 Å². The summed E-state index contributed by atoms with van der Waals surface area (Å²) in [5.41, 5.74) is 1.21. The highest BCUT2D eigenvalue weighted by Gasteiger charge is 2.37. The molecule has 0 aromatic heterocycles. The van der Waals surface area contributed by atoms with Gasteiger partial charge in [0.05, 0.1) is 13.2 Å². The van der Waals surface area contributed by atoms with Crippen LogP contribution in [0.5, 0.6) is 0 Å². The smallest absolute Gasteiger partial charge is 0.191 e. The molecule has 0 amide bonds. The highest BCUT2D eigenvalue weighted by atomic mass is 32.1. The third-order valence-corrected chi connectivity index (χ3v) is 9.23. The Bertz CT molecular complexity index is 401. The van der Waals surface area contributed by atoms with Crippen molar-refractivity contribution in [1.29, 1.82) is 0 Å². The van der Waals surface area contributed by atoms with Crippen molar-refractivity contribution < 1.29 is 9.16 Å². The van der Waals surface area contributed by atoms with Crippen LogP contribution in [-0.4, -0.2) is 27.3 Å². The molecule has 0 aliphatic carbocycles. The maximum Gasteiger partial charge on any atom is 0.191 e. The van der Waals surface area contributed by atoms with Gasteiger partial charge in [0.15, 0.2) is 8.32 Å². The van der Waals surface area contributed by atoms with Gasteiger partial charge >= 0.3 is 0 Å².